The van der Waals surface area contributed by atoms with E-state index >= 15 is 0 Å². The smallest absolute Gasteiger partial charge is 0.392 e. The van der Waals surface area contributed by atoms with Crippen LogP contribution < -0.4 is 5.32 Å². The monoisotopic (exact) mass is 410 g/mol. The molecular formula is C21H38N2O4Si. The third kappa shape index (κ3) is 10.5. The Morgan fingerprint density at radius 3 is 2.21 bits per heavy atom. The van der Waals surface area contributed by atoms with Crippen LogP contribution >= 0.6 is 0 Å². The molecule has 0 saturated heterocycles. The summed E-state index contributed by atoms with van der Waals surface area (Å²) in [7, 11) is -2.61. The highest BCUT2D eigenvalue weighted by atomic mass is 28.4. The molecule has 0 heterocycles. The molecule has 0 radical (unpaired) electrons. The highest BCUT2D eigenvalue weighted by Gasteiger charge is 2.39. The fraction of sp³-hybridized carbons (Fsp3) is 0.667. The molecule has 2 unspecified atom stereocenters. The lowest BCUT2D eigenvalue weighted by atomic mass is 10.1. The number of hydrogen-bond donors (Lipinski definition) is 2. The summed E-state index contributed by atoms with van der Waals surface area (Å²) in [6.45, 7) is 10.7. The van der Waals surface area contributed by atoms with Crippen LogP contribution in [0.1, 0.15) is 46.1 Å². The van der Waals surface area contributed by atoms with E-state index in [2.05, 4.69) is 10.3 Å². The Balaban J connectivity index is 2.62. The van der Waals surface area contributed by atoms with Crippen LogP contribution in [0.3, 0.4) is 0 Å². The fourth-order valence-corrected chi connectivity index (χ4v) is 5.63. The Morgan fingerprint density at radius 1 is 1.07 bits per heavy atom. The van der Waals surface area contributed by atoms with Gasteiger partial charge in [0.25, 0.3) is 0 Å². The summed E-state index contributed by atoms with van der Waals surface area (Å²) in [6.07, 6.45) is 3.35. The number of benzene rings is 1. The summed E-state index contributed by atoms with van der Waals surface area (Å²) >= 11 is 0. The Hall–Kier alpha value is -1.09. The van der Waals surface area contributed by atoms with Gasteiger partial charge in [-0.05, 0) is 46.1 Å². The molecule has 1 aromatic carbocycles. The Bertz CT molecular complexity index is 511. The number of rotatable bonds is 16. The quantitative estimate of drug-likeness (QED) is 0.323. The summed E-state index contributed by atoms with van der Waals surface area (Å²) in [5, 5.41) is 13.0. The molecule has 7 heteroatoms. The molecule has 0 bridgehead atoms. The molecule has 0 aliphatic carbocycles. The van der Waals surface area contributed by atoms with Crippen LogP contribution in [-0.2, 0) is 13.3 Å². The van der Waals surface area contributed by atoms with Gasteiger partial charge in [-0.15, -0.1) is 0 Å². The lowest BCUT2D eigenvalue weighted by molar-refractivity contribution is 0.0704. The average molecular weight is 411 g/mol. The van der Waals surface area contributed by atoms with Crippen molar-refractivity contribution in [1.82, 2.24) is 5.32 Å². The van der Waals surface area contributed by atoms with Crippen LogP contribution in [0.25, 0.3) is 0 Å². The van der Waals surface area contributed by atoms with Gasteiger partial charge in [-0.2, -0.15) is 0 Å². The zero-order chi connectivity index (χ0) is 20.7. The fourth-order valence-electron chi connectivity index (χ4n) is 2.99. The Kier molecular flexibility index (Phi) is 13.2. The molecule has 28 heavy (non-hydrogen) atoms. The highest BCUT2D eigenvalue weighted by Crippen LogP contribution is 2.20. The van der Waals surface area contributed by atoms with E-state index in [-0.39, 0.29) is 12.1 Å². The van der Waals surface area contributed by atoms with Gasteiger partial charge in [0.2, 0.25) is 0 Å². The van der Waals surface area contributed by atoms with Crippen molar-refractivity contribution in [3.05, 3.63) is 35.9 Å². The van der Waals surface area contributed by atoms with E-state index in [1.165, 1.54) is 0 Å². The maximum atomic E-state index is 9.62. The first kappa shape index (κ1) is 24.9. The molecule has 1 rings (SSSR count). The van der Waals surface area contributed by atoms with Gasteiger partial charge >= 0.3 is 8.80 Å². The summed E-state index contributed by atoms with van der Waals surface area (Å²) in [5.74, 6) is 0. The van der Waals surface area contributed by atoms with Gasteiger partial charge in [0.15, 0.2) is 0 Å². The highest BCUT2D eigenvalue weighted by molar-refractivity contribution is 6.60. The van der Waals surface area contributed by atoms with Gasteiger partial charge in [0, 0.05) is 44.7 Å². The van der Waals surface area contributed by atoms with Crippen molar-refractivity contribution >= 4 is 15.0 Å². The first-order valence-electron chi connectivity index (χ1n) is 10.4. The standard InChI is InChI=1S/C21H38N2O4Si/c1-5-25-28(26-6-2,27-7-3)15-11-14-21(23-16-19(4)24)18-22-17-20-12-9-8-10-13-20/h8-10,12-13,17,19,21,23-24H,5-7,11,14-16,18H2,1-4H3. The van der Waals surface area contributed by atoms with E-state index in [1.807, 2.05) is 57.3 Å². The van der Waals surface area contributed by atoms with Crippen molar-refractivity contribution in [3.8, 4) is 0 Å². The van der Waals surface area contributed by atoms with Gasteiger partial charge in [0.1, 0.15) is 0 Å². The van der Waals surface area contributed by atoms with Crippen LogP contribution in [0.2, 0.25) is 6.04 Å². The summed E-state index contributed by atoms with van der Waals surface area (Å²) in [6, 6.07) is 11.1. The molecule has 6 nitrogen and oxygen atoms in total. The summed E-state index contributed by atoms with van der Waals surface area (Å²) in [4.78, 5) is 4.59. The van der Waals surface area contributed by atoms with Gasteiger partial charge in [-0.25, -0.2) is 0 Å². The molecule has 2 N–H and O–H groups in total. The number of nitrogens with zero attached hydrogens (tertiary/aromatic N) is 1. The normalized spacial score (nSPS) is 14.5. The van der Waals surface area contributed by atoms with Gasteiger partial charge in [-0.1, -0.05) is 30.3 Å². The first-order valence-corrected chi connectivity index (χ1v) is 12.4. The van der Waals surface area contributed by atoms with Crippen LogP contribution in [-0.4, -0.2) is 65.2 Å². The minimum Gasteiger partial charge on any atom is -0.392 e. The first-order chi connectivity index (χ1) is 13.5. The predicted octanol–water partition coefficient (Wildman–Crippen LogP) is 3.27. The number of aliphatic imine (C=N–C) groups is 1. The van der Waals surface area contributed by atoms with Crippen LogP contribution in [0, 0.1) is 0 Å². The SMILES string of the molecule is CCO[Si](CCCC(CN=Cc1ccccc1)NCC(C)O)(OCC)OCC. The minimum atomic E-state index is -2.61. The van der Waals surface area contributed by atoms with Crippen LogP contribution in [0.4, 0.5) is 0 Å². The third-order valence-corrected chi connectivity index (χ3v) is 7.35. The topological polar surface area (TPSA) is 72.3 Å². The molecule has 0 saturated carbocycles. The second kappa shape index (κ2) is 14.8. The molecular weight excluding hydrogens is 372 g/mol. The van der Waals surface area contributed by atoms with Crippen molar-refractivity contribution in [2.24, 2.45) is 4.99 Å². The molecule has 0 spiro atoms. The third-order valence-electron chi connectivity index (χ3n) is 4.20. The van der Waals surface area contributed by atoms with E-state index < -0.39 is 8.80 Å². The average Bonchev–Trinajstić information content (AvgIpc) is 2.67. The molecule has 0 fully saturated rings. The van der Waals surface area contributed by atoms with Crippen molar-refractivity contribution < 1.29 is 18.4 Å². The lowest BCUT2D eigenvalue weighted by Crippen LogP contribution is -2.46. The number of hydrogen-bond acceptors (Lipinski definition) is 6. The van der Waals surface area contributed by atoms with Crippen molar-refractivity contribution in [2.75, 3.05) is 32.9 Å². The molecule has 1 aromatic rings. The largest absolute Gasteiger partial charge is 0.500 e. The van der Waals surface area contributed by atoms with Crippen molar-refractivity contribution in [3.63, 3.8) is 0 Å². The van der Waals surface area contributed by atoms with Crippen LogP contribution in [0.5, 0.6) is 0 Å². The van der Waals surface area contributed by atoms with Gasteiger partial charge < -0.3 is 23.7 Å². The molecule has 2 atom stereocenters. The molecule has 0 aliphatic rings. The second-order valence-electron chi connectivity index (χ2n) is 6.73. The summed E-state index contributed by atoms with van der Waals surface area (Å²) < 4.78 is 17.8. The van der Waals surface area contributed by atoms with E-state index in [9.17, 15) is 5.11 Å². The zero-order valence-electron chi connectivity index (χ0n) is 17.9. The van der Waals surface area contributed by atoms with E-state index in [1.54, 1.807) is 6.92 Å². The maximum absolute atomic E-state index is 9.62. The Morgan fingerprint density at radius 2 is 1.68 bits per heavy atom. The lowest BCUT2D eigenvalue weighted by Gasteiger charge is -2.29. The van der Waals surface area contributed by atoms with E-state index in [4.69, 9.17) is 13.3 Å². The van der Waals surface area contributed by atoms with Gasteiger partial charge in [0.05, 0.1) is 12.6 Å². The second-order valence-corrected chi connectivity index (χ2v) is 9.47. The number of nitrogens with one attached hydrogen (secondary N) is 1. The summed E-state index contributed by atoms with van der Waals surface area (Å²) in [5.41, 5.74) is 1.09. The van der Waals surface area contributed by atoms with Gasteiger partial charge in [-0.3, -0.25) is 4.99 Å². The Labute approximate surface area is 171 Å². The predicted molar refractivity (Wildman–Crippen MR) is 117 cm³/mol. The van der Waals surface area contributed by atoms with Crippen LogP contribution in [0.15, 0.2) is 35.3 Å². The molecule has 0 aliphatic heterocycles. The zero-order valence-corrected chi connectivity index (χ0v) is 18.9. The van der Waals surface area contributed by atoms with Crippen molar-refractivity contribution in [2.45, 2.75) is 58.7 Å². The molecule has 0 amide bonds. The van der Waals surface area contributed by atoms with E-state index in [0.29, 0.717) is 32.9 Å². The molecule has 0 aromatic heterocycles. The number of aliphatic hydroxyl groups is 1. The molecule has 160 valence electrons. The van der Waals surface area contributed by atoms with Crippen molar-refractivity contribution in [1.29, 1.82) is 0 Å². The number of aliphatic hydroxyl groups excluding tert-OH is 1. The maximum Gasteiger partial charge on any atom is 0.500 e. The van der Waals surface area contributed by atoms with E-state index in [0.717, 1.165) is 24.4 Å². The minimum absolute atomic E-state index is 0.186.